The first-order chi connectivity index (χ1) is 7.24. The predicted octanol–water partition coefficient (Wildman–Crippen LogP) is -0.0828. The summed E-state index contributed by atoms with van der Waals surface area (Å²) in [5.41, 5.74) is 0. The lowest BCUT2D eigenvalue weighted by Gasteiger charge is -2.06. The van der Waals surface area contributed by atoms with Gasteiger partial charge in [0.2, 0.25) is 5.91 Å². The van der Waals surface area contributed by atoms with Crippen LogP contribution in [0.2, 0.25) is 0 Å². The first-order valence-corrected chi connectivity index (χ1v) is 5.13. The van der Waals surface area contributed by atoms with Crippen LogP contribution in [-0.4, -0.2) is 35.6 Å². The van der Waals surface area contributed by atoms with Gasteiger partial charge in [0, 0.05) is 38.4 Å². The van der Waals surface area contributed by atoms with E-state index >= 15 is 0 Å². The highest BCUT2D eigenvalue weighted by Gasteiger charge is 2.00. The van der Waals surface area contributed by atoms with Gasteiger partial charge < -0.3 is 15.2 Å². The number of amides is 1. The second-order valence-corrected chi connectivity index (χ2v) is 3.37. The van der Waals surface area contributed by atoms with Crippen LogP contribution in [0.5, 0.6) is 0 Å². The maximum Gasteiger partial charge on any atom is 0.221 e. The Morgan fingerprint density at radius 2 is 2.33 bits per heavy atom. The number of hydrogen-bond donors (Lipinski definition) is 2. The molecule has 1 heterocycles. The van der Waals surface area contributed by atoms with Gasteiger partial charge in [-0.2, -0.15) is 0 Å². The van der Waals surface area contributed by atoms with Crippen LogP contribution in [0.4, 0.5) is 0 Å². The Balaban J connectivity index is 2.16. The molecule has 0 atom stereocenters. The van der Waals surface area contributed by atoms with Gasteiger partial charge in [0.1, 0.15) is 5.82 Å². The van der Waals surface area contributed by atoms with Gasteiger partial charge in [0.05, 0.1) is 0 Å². The molecule has 0 unspecified atom stereocenters. The Morgan fingerprint density at radius 3 is 2.93 bits per heavy atom. The third-order valence-electron chi connectivity index (χ3n) is 2.20. The molecule has 0 bridgehead atoms. The number of hydrogen-bond acceptors (Lipinski definition) is 3. The fraction of sp³-hybridized carbons (Fsp3) is 0.600. The number of aryl methyl sites for hydroxylation is 1. The molecular weight excluding hydrogens is 192 g/mol. The minimum Gasteiger partial charge on any atom is -0.354 e. The summed E-state index contributed by atoms with van der Waals surface area (Å²) in [4.78, 5) is 15.3. The molecule has 1 amide bonds. The topological polar surface area (TPSA) is 59.0 Å². The minimum atomic E-state index is 0.0853. The lowest BCUT2D eigenvalue weighted by molar-refractivity contribution is -0.121. The first kappa shape index (κ1) is 11.7. The molecule has 0 saturated heterocycles. The maximum absolute atomic E-state index is 11.2. The van der Waals surface area contributed by atoms with Crippen molar-refractivity contribution in [2.24, 2.45) is 0 Å². The van der Waals surface area contributed by atoms with Crippen LogP contribution >= 0.6 is 0 Å². The number of carbonyl (C=O) groups is 1. The summed E-state index contributed by atoms with van der Waals surface area (Å²) in [7, 11) is 1.84. The van der Waals surface area contributed by atoms with Crippen molar-refractivity contribution in [3.05, 3.63) is 18.2 Å². The van der Waals surface area contributed by atoms with Crippen molar-refractivity contribution in [1.29, 1.82) is 0 Å². The first-order valence-electron chi connectivity index (χ1n) is 5.13. The highest BCUT2D eigenvalue weighted by Crippen LogP contribution is 1.93. The van der Waals surface area contributed by atoms with Crippen LogP contribution in [0.25, 0.3) is 0 Å². The molecule has 0 spiro atoms. The molecule has 0 aliphatic rings. The van der Waals surface area contributed by atoms with Crippen molar-refractivity contribution in [2.45, 2.75) is 19.9 Å². The quantitative estimate of drug-likeness (QED) is 0.690. The van der Waals surface area contributed by atoms with Crippen LogP contribution in [0.3, 0.4) is 0 Å². The molecule has 0 fully saturated rings. The molecule has 2 N–H and O–H groups in total. The summed E-state index contributed by atoms with van der Waals surface area (Å²) < 4.78 is 2.01. The Bertz CT molecular complexity index is 308. The number of carbonyl (C=O) groups excluding carboxylic acids is 1. The lowest BCUT2D eigenvalue weighted by Crippen LogP contribution is -2.29. The van der Waals surface area contributed by atoms with Gasteiger partial charge in [0.15, 0.2) is 0 Å². The Hall–Kier alpha value is -1.36. The number of imidazole rings is 1. The van der Waals surface area contributed by atoms with E-state index in [-0.39, 0.29) is 5.91 Å². The van der Waals surface area contributed by atoms with Gasteiger partial charge in [-0.25, -0.2) is 4.98 Å². The zero-order chi connectivity index (χ0) is 11.1. The monoisotopic (exact) mass is 210 g/mol. The minimum absolute atomic E-state index is 0.0853. The molecule has 1 rings (SSSR count). The normalized spacial score (nSPS) is 10.3. The van der Waals surface area contributed by atoms with Crippen LogP contribution in [0, 0.1) is 6.92 Å². The molecule has 0 aliphatic heterocycles. The molecule has 5 nitrogen and oxygen atoms in total. The number of nitrogens with zero attached hydrogens (tertiary/aromatic N) is 2. The molecule has 0 radical (unpaired) electrons. The molecule has 1 aromatic heterocycles. The molecule has 0 aromatic carbocycles. The van der Waals surface area contributed by atoms with E-state index in [4.69, 9.17) is 0 Å². The van der Waals surface area contributed by atoms with Crippen molar-refractivity contribution >= 4 is 5.91 Å². The summed E-state index contributed by atoms with van der Waals surface area (Å²) in [6.45, 7) is 4.09. The standard InChI is InChI=1S/C10H18N4O/c1-9-12-5-7-14(9)8-6-13-10(15)3-4-11-2/h5,7,11H,3-4,6,8H2,1-2H3,(H,13,15). The fourth-order valence-electron chi connectivity index (χ4n) is 1.28. The number of nitrogens with one attached hydrogen (secondary N) is 2. The third kappa shape index (κ3) is 4.12. The zero-order valence-corrected chi connectivity index (χ0v) is 9.29. The second-order valence-electron chi connectivity index (χ2n) is 3.37. The number of aromatic nitrogens is 2. The summed E-state index contributed by atoms with van der Waals surface area (Å²) in [6, 6.07) is 0. The summed E-state index contributed by atoms with van der Waals surface area (Å²) in [6.07, 6.45) is 4.20. The van der Waals surface area contributed by atoms with E-state index in [0.29, 0.717) is 13.0 Å². The van der Waals surface area contributed by atoms with E-state index < -0.39 is 0 Å². The Kier molecular flexibility index (Phi) is 4.83. The maximum atomic E-state index is 11.2. The smallest absolute Gasteiger partial charge is 0.221 e. The van der Waals surface area contributed by atoms with Crippen molar-refractivity contribution in [3.8, 4) is 0 Å². The van der Waals surface area contributed by atoms with Crippen LogP contribution in [0.1, 0.15) is 12.2 Å². The molecule has 1 aromatic rings. The largest absolute Gasteiger partial charge is 0.354 e. The van der Waals surface area contributed by atoms with Gasteiger partial charge in [-0.05, 0) is 14.0 Å². The van der Waals surface area contributed by atoms with Gasteiger partial charge in [0.25, 0.3) is 0 Å². The van der Waals surface area contributed by atoms with Crippen LogP contribution in [0.15, 0.2) is 12.4 Å². The lowest BCUT2D eigenvalue weighted by atomic mass is 10.4. The van der Waals surface area contributed by atoms with Crippen LogP contribution in [-0.2, 0) is 11.3 Å². The Labute approximate surface area is 89.9 Å². The van der Waals surface area contributed by atoms with E-state index in [1.807, 2.05) is 24.7 Å². The zero-order valence-electron chi connectivity index (χ0n) is 9.29. The molecule has 5 heteroatoms. The average Bonchev–Trinajstić information content (AvgIpc) is 2.61. The van der Waals surface area contributed by atoms with Crippen molar-refractivity contribution in [1.82, 2.24) is 20.2 Å². The molecular formula is C10H18N4O. The van der Waals surface area contributed by atoms with Gasteiger partial charge in [-0.3, -0.25) is 4.79 Å². The van der Waals surface area contributed by atoms with Gasteiger partial charge >= 0.3 is 0 Å². The fourth-order valence-corrected chi connectivity index (χ4v) is 1.28. The van der Waals surface area contributed by atoms with Gasteiger partial charge in [-0.1, -0.05) is 0 Å². The average molecular weight is 210 g/mol. The van der Waals surface area contributed by atoms with E-state index in [9.17, 15) is 4.79 Å². The molecule has 84 valence electrons. The molecule has 0 saturated carbocycles. The third-order valence-corrected chi connectivity index (χ3v) is 2.20. The highest BCUT2D eigenvalue weighted by atomic mass is 16.1. The SMILES string of the molecule is CNCCC(=O)NCCn1ccnc1C. The predicted molar refractivity (Wildman–Crippen MR) is 58.5 cm³/mol. The molecule has 15 heavy (non-hydrogen) atoms. The van der Waals surface area contributed by atoms with Crippen LogP contribution < -0.4 is 10.6 Å². The summed E-state index contributed by atoms with van der Waals surface area (Å²) in [5.74, 6) is 1.06. The van der Waals surface area contributed by atoms with E-state index in [1.165, 1.54) is 0 Å². The molecule has 0 aliphatic carbocycles. The van der Waals surface area contributed by atoms with E-state index in [1.54, 1.807) is 6.20 Å². The highest BCUT2D eigenvalue weighted by molar-refractivity contribution is 5.75. The number of rotatable bonds is 6. The van der Waals surface area contributed by atoms with Crippen molar-refractivity contribution in [3.63, 3.8) is 0 Å². The summed E-state index contributed by atoms with van der Waals surface area (Å²) in [5, 5.41) is 5.79. The Morgan fingerprint density at radius 1 is 1.53 bits per heavy atom. The van der Waals surface area contributed by atoms with Gasteiger partial charge in [-0.15, -0.1) is 0 Å². The van der Waals surface area contributed by atoms with Crippen molar-refractivity contribution in [2.75, 3.05) is 20.1 Å². The van der Waals surface area contributed by atoms with E-state index in [2.05, 4.69) is 15.6 Å². The summed E-state index contributed by atoms with van der Waals surface area (Å²) >= 11 is 0. The second kappa shape index (κ2) is 6.19. The van der Waals surface area contributed by atoms with Crippen molar-refractivity contribution < 1.29 is 4.79 Å². The van der Waals surface area contributed by atoms with E-state index in [0.717, 1.165) is 18.9 Å².